The van der Waals surface area contributed by atoms with Gasteiger partial charge in [-0.15, -0.1) is 11.3 Å². The number of rotatable bonds is 7. The van der Waals surface area contributed by atoms with Crippen LogP contribution in [0.4, 0.5) is 29.5 Å². The molecule has 174 valence electrons. The van der Waals surface area contributed by atoms with E-state index in [1.165, 1.54) is 37.3 Å². The fraction of sp³-hybridized carbons (Fsp3) is 0.227. The zero-order chi connectivity index (χ0) is 24.3. The minimum absolute atomic E-state index is 0.00457. The van der Waals surface area contributed by atoms with E-state index in [0.717, 1.165) is 24.5 Å². The van der Waals surface area contributed by atoms with Crippen molar-refractivity contribution in [2.24, 2.45) is 0 Å². The van der Waals surface area contributed by atoms with Crippen LogP contribution >= 0.6 is 11.3 Å². The Morgan fingerprint density at radius 2 is 1.88 bits per heavy atom. The summed E-state index contributed by atoms with van der Waals surface area (Å²) >= 11 is 0.908. The number of hydrogen-bond acceptors (Lipinski definition) is 7. The summed E-state index contributed by atoms with van der Waals surface area (Å²) in [6, 6.07) is 10.9. The molecule has 0 fully saturated rings. The number of nitrogens with zero attached hydrogens (tertiary/aromatic N) is 1. The fourth-order valence-electron chi connectivity index (χ4n) is 3.21. The number of nitrogens with one attached hydrogen (secondary N) is 1. The van der Waals surface area contributed by atoms with E-state index in [2.05, 4.69) is 5.32 Å². The van der Waals surface area contributed by atoms with E-state index in [1.807, 2.05) is 0 Å². The largest absolute Gasteiger partial charge is 0.484 e. The first kappa shape index (κ1) is 24.1. The molecule has 1 N–H and O–H groups in total. The molecule has 0 bridgehead atoms. The van der Waals surface area contributed by atoms with Gasteiger partial charge in [-0.1, -0.05) is 30.3 Å². The van der Waals surface area contributed by atoms with Crippen LogP contribution in [0.5, 0.6) is 5.75 Å². The number of nitro groups is 1. The van der Waals surface area contributed by atoms with Gasteiger partial charge in [0.05, 0.1) is 22.6 Å². The van der Waals surface area contributed by atoms with Crippen molar-refractivity contribution in [3.05, 3.63) is 80.2 Å². The maximum atomic E-state index is 13.4. The van der Waals surface area contributed by atoms with Gasteiger partial charge in [0.15, 0.2) is 4.88 Å². The van der Waals surface area contributed by atoms with Gasteiger partial charge in [0.1, 0.15) is 17.5 Å². The van der Waals surface area contributed by atoms with Crippen molar-refractivity contribution in [2.45, 2.75) is 26.1 Å². The molecule has 0 aliphatic heterocycles. The Bertz CT molecular complexity index is 1190. The van der Waals surface area contributed by atoms with Gasteiger partial charge in [-0.25, -0.2) is 4.79 Å². The second-order valence-electron chi connectivity index (χ2n) is 6.99. The summed E-state index contributed by atoms with van der Waals surface area (Å²) in [6.45, 7) is 3.11. The molecule has 7 nitrogen and oxygen atoms in total. The molecular formula is C22H19F3N2O5S. The molecule has 0 radical (unpaired) electrons. The Kier molecular flexibility index (Phi) is 6.92. The van der Waals surface area contributed by atoms with Crippen LogP contribution in [0.25, 0.3) is 0 Å². The molecule has 0 aliphatic rings. The molecule has 11 heteroatoms. The van der Waals surface area contributed by atoms with Gasteiger partial charge in [0, 0.05) is 17.7 Å². The predicted molar refractivity (Wildman–Crippen MR) is 117 cm³/mol. The fourth-order valence-corrected chi connectivity index (χ4v) is 4.13. The van der Waals surface area contributed by atoms with E-state index >= 15 is 0 Å². The van der Waals surface area contributed by atoms with Crippen molar-refractivity contribution in [1.29, 1.82) is 0 Å². The monoisotopic (exact) mass is 480 g/mol. The molecule has 0 aliphatic carbocycles. The number of thiophene rings is 1. The quantitative estimate of drug-likeness (QED) is 0.231. The average Bonchev–Trinajstić information content (AvgIpc) is 3.15. The summed E-state index contributed by atoms with van der Waals surface area (Å²) < 4.78 is 50.7. The SMILES string of the molecule is COC(=O)c1sc(Nc2c(C)cccc2[N+](=O)[O-])cc1O[C@H](C)c1ccccc1C(F)(F)F. The number of hydrogen-bond donors (Lipinski definition) is 1. The Labute approximate surface area is 190 Å². The lowest BCUT2D eigenvalue weighted by Crippen LogP contribution is -2.14. The first-order chi connectivity index (χ1) is 15.5. The maximum Gasteiger partial charge on any atom is 0.416 e. The molecule has 2 aromatic carbocycles. The molecule has 1 heterocycles. The lowest BCUT2D eigenvalue weighted by molar-refractivity contribution is -0.383. The van der Waals surface area contributed by atoms with Crippen LogP contribution in [-0.2, 0) is 10.9 Å². The summed E-state index contributed by atoms with van der Waals surface area (Å²) in [5, 5.41) is 14.6. The third kappa shape index (κ3) is 5.25. The van der Waals surface area contributed by atoms with Crippen molar-refractivity contribution in [2.75, 3.05) is 12.4 Å². The number of alkyl halides is 3. The van der Waals surface area contributed by atoms with Crippen LogP contribution in [0.1, 0.15) is 39.4 Å². The Balaban J connectivity index is 1.98. The molecule has 1 aromatic heterocycles. The summed E-state index contributed by atoms with van der Waals surface area (Å²) in [6.07, 6.45) is -5.63. The highest BCUT2D eigenvalue weighted by molar-refractivity contribution is 7.18. The van der Waals surface area contributed by atoms with Crippen molar-refractivity contribution in [3.63, 3.8) is 0 Å². The van der Waals surface area contributed by atoms with Crippen LogP contribution in [0, 0.1) is 17.0 Å². The first-order valence-corrected chi connectivity index (χ1v) is 10.4. The zero-order valence-corrected chi connectivity index (χ0v) is 18.5. The van der Waals surface area contributed by atoms with Gasteiger partial charge < -0.3 is 14.8 Å². The minimum Gasteiger partial charge on any atom is -0.484 e. The average molecular weight is 480 g/mol. The van der Waals surface area contributed by atoms with Gasteiger partial charge in [-0.05, 0) is 25.5 Å². The molecule has 0 saturated heterocycles. The van der Waals surface area contributed by atoms with E-state index in [1.54, 1.807) is 19.1 Å². The van der Waals surface area contributed by atoms with Crippen molar-refractivity contribution in [1.82, 2.24) is 0 Å². The summed E-state index contributed by atoms with van der Waals surface area (Å²) in [4.78, 5) is 23.1. The number of ether oxygens (including phenoxy) is 2. The number of methoxy groups -OCH3 is 1. The molecule has 3 aromatic rings. The van der Waals surface area contributed by atoms with E-state index < -0.39 is 28.7 Å². The van der Waals surface area contributed by atoms with Gasteiger partial charge in [0.2, 0.25) is 0 Å². The Morgan fingerprint density at radius 3 is 2.52 bits per heavy atom. The zero-order valence-electron chi connectivity index (χ0n) is 17.7. The topological polar surface area (TPSA) is 90.7 Å². The third-order valence-corrected chi connectivity index (χ3v) is 5.78. The van der Waals surface area contributed by atoms with Gasteiger partial charge in [-0.2, -0.15) is 13.2 Å². The Morgan fingerprint density at radius 1 is 1.18 bits per heavy atom. The summed E-state index contributed by atoms with van der Waals surface area (Å²) in [5.41, 5.74) is -0.301. The number of carbonyl (C=O) groups excluding carboxylic acids is 1. The third-order valence-electron chi connectivity index (χ3n) is 4.77. The molecule has 0 amide bonds. The molecule has 0 saturated carbocycles. The number of anilines is 2. The van der Waals surface area contributed by atoms with Gasteiger partial charge in [0.25, 0.3) is 5.69 Å². The number of para-hydroxylation sites is 1. The van der Waals surface area contributed by atoms with Gasteiger partial charge >= 0.3 is 12.1 Å². The van der Waals surface area contributed by atoms with Crippen LogP contribution in [-0.4, -0.2) is 18.0 Å². The minimum atomic E-state index is -4.58. The highest BCUT2D eigenvalue weighted by Crippen LogP contribution is 2.41. The number of halogens is 3. The van der Waals surface area contributed by atoms with Crippen LogP contribution in [0.2, 0.25) is 0 Å². The highest BCUT2D eigenvalue weighted by atomic mass is 32.1. The maximum absolute atomic E-state index is 13.4. The number of esters is 1. The van der Waals surface area contributed by atoms with E-state index in [-0.39, 0.29) is 27.6 Å². The lowest BCUT2D eigenvalue weighted by Gasteiger charge is -2.19. The van der Waals surface area contributed by atoms with Crippen LogP contribution < -0.4 is 10.1 Å². The van der Waals surface area contributed by atoms with Crippen LogP contribution in [0.15, 0.2) is 48.5 Å². The molecular weight excluding hydrogens is 461 g/mol. The normalized spacial score (nSPS) is 12.2. The standard InChI is InChI=1S/C22H19F3N2O5S/c1-12-7-6-10-16(27(29)30)19(12)26-18-11-17(20(33-18)21(28)31-3)32-13(2)14-8-4-5-9-15(14)22(23,24)25/h4-11,13,26H,1-3H3/t13-/m1/s1. The first-order valence-electron chi connectivity index (χ1n) is 9.59. The van der Waals surface area contributed by atoms with Gasteiger partial charge in [-0.3, -0.25) is 10.1 Å². The summed E-state index contributed by atoms with van der Waals surface area (Å²) in [5.74, 6) is -0.756. The smallest absolute Gasteiger partial charge is 0.416 e. The number of benzene rings is 2. The van der Waals surface area contributed by atoms with E-state index in [0.29, 0.717) is 10.6 Å². The van der Waals surface area contributed by atoms with Crippen molar-refractivity contribution >= 4 is 33.7 Å². The van der Waals surface area contributed by atoms with E-state index in [4.69, 9.17) is 9.47 Å². The second-order valence-corrected chi connectivity index (χ2v) is 8.04. The molecule has 0 spiro atoms. The van der Waals surface area contributed by atoms with Crippen molar-refractivity contribution in [3.8, 4) is 5.75 Å². The Hall–Kier alpha value is -3.60. The number of carbonyl (C=O) groups is 1. The molecule has 33 heavy (non-hydrogen) atoms. The molecule has 0 unspecified atom stereocenters. The van der Waals surface area contributed by atoms with Crippen LogP contribution in [0.3, 0.4) is 0 Å². The summed E-state index contributed by atoms with van der Waals surface area (Å²) in [7, 11) is 1.16. The highest BCUT2D eigenvalue weighted by Gasteiger charge is 2.35. The van der Waals surface area contributed by atoms with Crippen molar-refractivity contribution < 1.29 is 32.4 Å². The lowest BCUT2D eigenvalue weighted by atomic mass is 10.0. The molecule has 1 atom stereocenters. The van der Waals surface area contributed by atoms with E-state index in [9.17, 15) is 28.1 Å². The predicted octanol–water partition coefficient (Wildman–Crippen LogP) is 6.65. The number of aryl methyl sites for hydroxylation is 1. The molecule has 3 rings (SSSR count). The number of nitro benzene ring substituents is 1. The second kappa shape index (κ2) is 9.49.